The highest BCUT2D eigenvalue weighted by Gasteiger charge is 2.11. The maximum absolute atomic E-state index is 11.1. The monoisotopic (exact) mass is 324 g/mol. The molecule has 1 rings (SSSR count). The van der Waals surface area contributed by atoms with Crippen LogP contribution < -0.4 is 0 Å². The van der Waals surface area contributed by atoms with Crippen molar-refractivity contribution in [3.05, 3.63) is 35.9 Å². The van der Waals surface area contributed by atoms with E-state index in [0.29, 0.717) is 6.61 Å². The number of esters is 2. The van der Waals surface area contributed by atoms with Gasteiger partial charge in [-0.05, 0) is 26.3 Å². The molecule has 0 aromatic heterocycles. The fraction of sp³-hybridized carbons (Fsp3) is 0.579. The van der Waals surface area contributed by atoms with Crippen LogP contribution in [0.15, 0.2) is 30.3 Å². The van der Waals surface area contributed by atoms with Gasteiger partial charge in [-0.25, -0.2) is 0 Å². The Balaban J connectivity index is 0. The lowest BCUT2D eigenvalue weighted by Gasteiger charge is -2.17. The smallest absolute Gasteiger partial charge is 0.308 e. The van der Waals surface area contributed by atoms with E-state index in [4.69, 9.17) is 9.47 Å². The summed E-state index contributed by atoms with van der Waals surface area (Å²) in [6, 6.07) is 9.67. The molecule has 0 spiro atoms. The number of hydrogen-bond donors (Lipinski definition) is 0. The Morgan fingerprint density at radius 3 is 1.83 bits per heavy atom. The molecule has 23 heavy (non-hydrogen) atoms. The number of hydrogen-bond acceptors (Lipinski definition) is 4. The van der Waals surface area contributed by atoms with Crippen LogP contribution in [0, 0.1) is 5.92 Å². The van der Waals surface area contributed by atoms with Crippen LogP contribution in [0.4, 0.5) is 0 Å². The number of rotatable bonds is 3. The van der Waals surface area contributed by atoms with E-state index in [1.165, 1.54) is 6.92 Å². The Hall–Kier alpha value is -1.84. The zero-order chi connectivity index (χ0) is 18.5. The van der Waals surface area contributed by atoms with E-state index >= 15 is 0 Å². The highest BCUT2D eigenvalue weighted by Crippen LogP contribution is 2.05. The fourth-order valence-electron chi connectivity index (χ4n) is 1.33. The molecule has 0 N–H and O–H groups in total. The molecular weight excluding hydrogens is 292 g/mol. The average Bonchev–Trinajstić information content (AvgIpc) is 2.46. The van der Waals surface area contributed by atoms with Crippen LogP contribution in [0.2, 0.25) is 0 Å². The van der Waals surface area contributed by atoms with Crippen molar-refractivity contribution < 1.29 is 19.1 Å². The Kier molecular flexibility index (Phi) is 12.9. The van der Waals surface area contributed by atoms with Crippen molar-refractivity contribution in [2.45, 2.75) is 67.6 Å². The van der Waals surface area contributed by atoms with Crippen molar-refractivity contribution in [3.8, 4) is 0 Å². The molecule has 0 bridgehead atoms. The topological polar surface area (TPSA) is 52.6 Å². The second-order valence-electron chi connectivity index (χ2n) is 5.95. The molecule has 0 amide bonds. The van der Waals surface area contributed by atoms with Gasteiger partial charge in [-0.2, -0.15) is 0 Å². The van der Waals surface area contributed by atoms with Gasteiger partial charge in [0.25, 0.3) is 0 Å². The highest BCUT2D eigenvalue weighted by atomic mass is 16.6. The Morgan fingerprint density at radius 1 is 1.04 bits per heavy atom. The number of ether oxygens (including phenoxy) is 2. The summed E-state index contributed by atoms with van der Waals surface area (Å²) in [4.78, 5) is 21.3. The summed E-state index contributed by atoms with van der Waals surface area (Å²) < 4.78 is 9.85. The van der Waals surface area contributed by atoms with E-state index in [1.807, 2.05) is 78.8 Å². The molecule has 0 radical (unpaired) electrons. The van der Waals surface area contributed by atoms with E-state index < -0.39 is 0 Å². The van der Waals surface area contributed by atoms with Crippen LogP contribution >= 0.6 is 0 Å². The summed E-state index contributed by atoms with van der Waals surface area (Å²) in [5.74, 6) is -0.426. The van der Waals surface area contributed by atoms with Crippen molar-refractivity contribution >= 4 is 11.9 Å². The molecule has 1 aromatic rings. The zero-order valence-electron chi connectivity index (χ0n) is 15.8. The Bertz CT molecular complexity index is 430. The lowest BCUT2D eigenvalue weighted by Crippen LogP contribution is -2.21. The van der Waals surface area contributed by atoms with Gasteiger partial charge in [0, 0.05) is 6.92 Å². The van der Waals surface area contributed by atoms with E-state index in [1.54, 1.807) is 0 Å². The first-order valence-corrected chi connectivity index (χ1v) is 8.02. The molecule has 0 unspecified atom stereocenters. The lowest BCUT2D eigenvalue weighted by molar-refractivity contribution is -0.152. The molecule has 1 aromatic carbocycles. The van der Waals surface area contributed by atoms with Gasteiger partial charge in [0.15, 0.2) is 0 Å². The van der Waals surface area contributed by atoms with Crippen LogP contribution in [0.25, 0.3) is 0 Å². The summed E-state index contributed by atoms with van der Waals surface area (Å²) in [6.07, 6.45) is 0. The minimum atomic E-state index is -0.328. The summed E-state index contributed by atoms with van der Waals surface area (Å²) in [5.41, 5.74) is 0.697. The number of benzene rings is 1. The Morgan fingerprint density at radius 2 is 1.52 bits per heavy atom. The molecule has 4 heteroatoms. The highest BCUT2D eigenvalue weighted by molar-refractivity contribution is 5.71. The normalized spacial score (nSPS) is 9.78. The Labute approximate surface area is 141 Å². The maximum Gasteiger partial charge on any atom is 0.308 e. The summed E-state index contributed by atoms with van der Waals surface area (Å²) in [6.45, 7) is 15.0. The minimum Gasteiger partial charge on any atom is -0.461 e. The SMILES string of the molecule is CC.CC(=O)OC(C)(C)C.CC(C)C(=O)OCc1ccccc1. The minimum absolute atomic E-state index is 0.0521. The standard InChI is InChI=1S/C11H14O2.C6H12O2.C2H6/c1-9(2)11(12)13-8-10-6-4-3-5-7-10;1-5(7)8-6(2,3)4;1-2/h3-7,9H,8H2,1-2H3;1-4H3;1-2H3. The largest absolute Gasteiger partial charge is 0.461 e. The first-order valence-electron chi connectivity index (χ1n) is 8.02. The van der Waals surface area contributed by atoms with Crippen LogP contribution in [-0.2, 0) is 25.7 Å². The van der Waals surface area contributed by atoms with Gasteiger partial charge in [-0.15, -0.1) is 0 Å². The second-order valence-corrected chi connectivity index (χ2v) is 5.95. The molecule has 0 atom stereocenters. The van der Waals surface area contributed by atoms with E-state index in [2.05, 4.69) is 0 Å². The van der Waals surface area contributed by atoms with E-state index in [0.717, 1.165) is 5.56 Å². The van der Waals surface area contributed by atoms with Crippen LogP contribution in [0.3, 0.4) is 0 Å². The third-order valence-electron chi connectivity index (χ3n) is 2.15. The van der Waals surface area contributed by atoms with Gasteiger partial charge in [-0.1, -0.05) is 58.0 Å². The van der Waals surface area contributed by atoms with Crippen molar-refractivity contribution in [3.63, 3.8) is 0 Å². The van der Waals surface area contributed by atoms with Crippen LogP contribution in [-0.4, -0.2) is 17.5 Å². The molecular formula is C19H32O4. The van der Waals surface area contributed by atoms with Gasteiger partial charge in [0.05, 0.1) is 5.92 Å². The van der Waals surface area contributed by atoms with Gasteiger partial charge in [-0.3, -0.25) is 9.59 Å². The van der Waals surface area contributed by atoms with Gasteiger partial charge < -0.3 is 9.47 Å². The number of carbonyl (C=O) groups excluding carboxylic acids is 2. The molecule has 0 saturated heterocycles. The summed E-state index contributed by atoms with van der Waals surface area (Å²) in [5, 5.41) is 0. The van der Waals surface area contributed by atoms with Gasteiger partial charge >= 0.3 is 11.9 Å². The molecule has 132 valence electrons. The molecule has 0 heterocycles. The maximum atomic E-state index is 11.1. The first kappa shape index (κ1) is 23.4. The summed E-state index contributed by atoms with van der Waals surface area (Å²) in [7, 11) is 0. The molecule has 0 aliphatic heterocycles. The summed E-state index contributed by atoms with van der Waals surface area (Å²) >= 11 is 0. The molecule has 4 nitrogen and oxygen atoms in total. The van der Waals surface area contributed by atoms with Crippen LogP contribution in [0.1, 0.15) is 61.0 Å². The average molecular weight is 324 g/mol. The van der Waals surface area contributed by atoms with Crippen molar-refractivity contribution in [1.82, 2.24) is 0 Å². The zero-order valence-corrected chi connectivity index (χ0v) is 15.8. The molecule has 0 aliphatic rings. The quantitative estimate of drug-likeness (QED) is 0.752. The van der Waals surface area contributed by atoms with Crippen molar-refractivity contribution in [2.75, 3.05) is 0 Å². The van der Waals surface area contributed by atoms with Crippen molar-refractivity contribution in [1.29, 1.82) is 0 Å². The van der Waals surface area contributed by atoms with E-state index in [9.17, 15) is 9.59 Å². The third-order valence-corrected chi connectivity index (χ3v) is 2.15. The predicted octanol–water partition coefficient (Wildman–Crippen LogP) is 4.76. The molecule has 0 fully saturated rings. The molecule has 0 saturated carbocycles. The van der Waals surface area contributed by atoms with Crippen LogP contribution in [0.5, 0.6) is 0 Å². The predicted molar refractivity (Wildman–Crippen MR) is 93.9 cm³/mol. The lowest BCUT2D eigenvalue weighted by atomic mass is 10.2. The molecule has 0 aliphatic carbocycles. The fourth-order valence-corrected chi connectivity index (χ4v) is 1.33. The third kappa shape index (κ3) is 16.4. The second kappa shape index (κ2) is 12.7. The van der Waals surface area contributed by atoms with E-state index in [-0.39, 0.29) is 23.5 Å². The van der Waals surface area contributed by atoms with Crippen molar-refractivity contribution in [2.24, 2.45) is 5.92 Å². The first-order chi connectivity index (χ1) is 10.6. The number of carbonyl (C=O) groups is 2. The van der Waals surface area contributed by atoms with Gasteiger partial charge in [0.2, 0.25) is 0 Å². The van der Waals surface area contributed by atoms with Gasteiger partial charge in [0.1, 0.15) is 12.2 Å².